The molecule has 3 nitrogen and oxygen atoms in total. The first-order chi connectivity index (χ1) is 10.2. The largest absolute Gasteiger partial charge is 0.491 e. The normalized spacial score (nSPS) is 13.7. The lowest BCUT2D eigenvalue weighted by Gasteiger charge is -2.20. The summed E-state index contributed by atoms with van der Waals surface area (Å²) >= 11 is 0. The molecule has 21 heavy (non-hydrogen) atoms. The van der Waals surface area contributed by atoms with E-state index in [1.54, 1.807) is 0 Å². The van der Waals surface area contributed by atoms with E-state index in [4.69, 9.17) is 9.47 Å². The van der Waals surface area contributed by atoms with Crippen molar-refractivity contribution in [1.29, 1.82) is 0 Å². The maximum Gasteiger partial charge on any atom is 0.119 e. The van der Waals surface area contributed by atoms with Gasteiger partial charge < -0.3 is 14.6 Å². The van der Waals surface area contributed by atoms with Crippen molar-refractivity contribution in [1.82, 2.24) is 0 Å². The summed E-state index contributed by atoms with van der Waals surface area (Å²) in [6, 6.07) is 17.5. The quantitative estimate of drug-likeness (QED) is 0.792. The number of aryl methyl sites for hydroxylation is 1. The van der Waals surface area contributed by atoms with Gasteiger partial charge in [-0.05, 0) is 31.5 Å². The van der Waals surface area contributed by atoms with Gasteiger partial charge >= 0.3 is 0 Å². The summed E-state index contributed by atoms with van der Waals surface area (Å²) in [6.45, 7) is 4.80. The van der Waals surface area contributed by atoms with E-state index in [-0.39, 0.29) is 6.10 Å². The monoisotopic (exact) mass is 286 g/mol. The highest BCUT2D eigenvalue weighted by Crippen LogP contribution is 2.19. The zero-order valence-corrected chi connectivity index (χ0v) is 12.5. The molecule has 0 aromatic heterocycles. The Morgan fingerprint density at radius 3 is 2.29 bits per heavy atom. The zero-order valence-electron chi connectivity index (χ0n) is 12.5. The maximum absolute atomic E-state index is 10.2. The van der Waals surface area contributed by atoms with E-state index in [1.807, 2.05) is 68.4 Å². The second-order valence-corrected chi connectivity index (χ2v) is 5.09. The Morgan fingerprint density at radius 2 is 1.62 bits per heavy atom. The summed E-state index contributed by atoms with van der Waals surface area (Å²) in [4.78, 5) is 0. The van der Waals surface area contributed by atoms with E-state index in [0.29, 0.717) is 13.2 Å². The molecule has 2 rings (SSSR count). The third-order valence-electron chi connectivity index (χ3n) is 3.34. The molecule has 0 fully saturated rings. The van der Waals surface area contributed by atoms with Crippen molar-refractivity contribution in [3.8, 4) is 5.75 Å². The lowest BCUT2D eigenvalue weighted by Crippen LogP contribution is -2.21. The fraction of sp³-hybridized carbons (Fsp3) is 0.333. The maximum atomic E-state index is 10.2. The third kappa shape index (κ3) is 4.88. The minimum atomic E-state index is -0.623. The molecule has 0 heterocycles. The molecular formula is C18H22O3. The molecule has 0 aliphatic rings. The highest BCUT2D eigenvalue weighted by Gasteiger charge is 2.16. The van der Waals surface area contributed by atoms with Crippen LogP contribution in [-0.2, 0) is 4.74 Å². The van der Waals surface area contributed by atoms with Crippen LogP contribution >= 0.6 is 0 Å². The Balaban J connectivity index is 1.74. The van der Waals surface area contributed by atoms with Crippen LogP contribution in [0.25, 0.3) is 0 Å². The number of aliphatic hydroxyl groups is 1. The van der Waals surface area contributed by atoms with Gasteiger partial charge in [-0.1, -0.05) is 48.0 Å². The van der Waals surface area contributed by atoms with Gasteiger partial charge in [0.25, 0.3) is 0 Å². The summed E-state index contributed by atoms with van der Waals surface area (Å²) in [5.74, 6) is 0.827. The topological polar surface area (TPSA) is 38.7 Å². The number of para-hydroxylation sites is 1. The smallest absolute Gasteiger partial charge is 0.119 e. The molecule has 0 saturated carbocycles. The highest BCUT2D eigenvalue weighted by atomic mass is 16.5. The average Bonchev–Trinajstić information content (AvgIpc) is 2.52. The molecule has 3 heteroatoms. The fourth-order valence-electron chi connectivity index (χ4n) is 2.04. The molecule has 2 unspecified atom stereocenters. The van der Waals surface area contributed by atoms with Crippen molar-refractivity contribution in [2.24, 2.45) is 0 Å². The van der Waals surface area contributed by atoms with Gasteiger partial charge in [0.05, 0.1) is 12.7 Å². The van der Waals surface area contributed by atoms with Crippen molar-refractivity contribution in [2.45, 2.75) is 26.1 Å². The Hall–Kier alpha value is -1.84. The summed E-state index contributed by atoms with van der Waals surface area (Å²) in [6.07, 6.45) is -0.894. The molecule has 0 amide bonds. The molecule has 0 aliphatic heterocycles. The van der Waals surface area contributed by atoms with Gasteiger partial charge in [0, 0.05) is 0 Å². The molecular weight excluding hydrogens is 264 g/mol. The van der Waals surface area contributed by atoms with E-state index in [0.717, 1.165) is 11.3 Å². The molecule has 1 N–H and O–H groups in total. The molecule has 0 saturated heterocycles. The molecule has 0 bridgehead atoms. The van der Waals surface area contributed by atoms with E-state index in [2.05, 4.69) is 0 Å². The predicted octanol–water partition coefficient (Wildman–Crippen LogP) is 3.51. The van der Waals surface area contributed by atoms with Crippen LogP contribution in [0.5, 0.6) is 5.75 Å². The number of rotatable bonds is 7. The summed E-state index contributed by atoms with van der Waals surface area (Å²) in [5.41, 5.74) is 2.05. The number of hydrogen-bond acceptors (Lipinski definition) is 3. The van der Waals surface area contributed by atoms with Gasteiger partial charge in [-0.3, -0.25) is 0 Å². The van der Waals surface area contributed by atoms with Gasteiger partial charge in [-0.15, -0.1) is 0 Å². The van der Waals surface area contributed by atoms with Crippen molar-refractivity contribution in [2.75, 3.05) is 13.2 Å². The van der Waals surface area contributed by atoms with Crippen LogP contribution in [-0.4, -0.2) is 24.4 Å². The van der Waals surface area contributed by atoms with Crippen LogP contribution in [0, 0.1) is 6.92 Å². The van der Waals surface area contributed by atoms with E-state index >= 15 is 0 Å². The summed E-state index contributed by atoms with van der Waals surface area (Å²) in [7, 11) is 0. The minimum absolute atomic E-state index is 0.271. The Morgan fingerprint density at radius 1 is 0.952 bits per heavy atom. The lowest BCUT2D eigenvalue weighted by atomic mass is 10.0. The van der Waals surface area contributed by atoms with Crippen LogP contribution in [0.3, 0.4) is 0 Å². The average molecular weight is 286 g/mol. The Kier molecular flexibility index (Phi) is 5.78. The fourth-order valence-corrected chi connectivity index (χ4v) is 2.04. The van der Waals surface area contributed by atoms with Crippen LogP contribution in [0.15, 0.2) is 54.6 Å². The standard InChI is InChI=1S/C18H22O3/c1-14-8-10-16(11-9-14)18(19)15(2)20-12-13-21-17-6-4-3-5-7-17/h3-11,15,18-19H,12-13H2,1-2H3. The Labute approximate surface area is 126 Å². The lowest BCUT2D eigenvalue weighted by molar-refractivity contribution is -0.0362. The number of benzene rings is 2. The Bertz CT molecular complexity index is 522. The first-order valence-electron chi connectivity index (χ1n) is 7.21. The SMILES string of the molecule is Cc1ccc(C(O)C(C)OCCOc2ccccc2)cc1. The number of ether oxygens (including phenoxy) is 2. The summed E-state index contributed by atoms with van der Waals surface area (Å²) < 4.78 is 11.2. The number of aliphatic hydroxyl groups excluding tert-OH is 1. The zero-order chi connectivity index (χ0) is 15.1. The minimum Gasteiger partial charge on any atom is -0.491 e. The van der Waals surface area contributed by atoms with Crippen LogP contribution in [0.2, 0.25) is 0 Å². The molecule has 2 atom stereocenters. The number of hydrogen-bond donors (Lipinski definition) is 1. The van der Waals surface area contributed by atoms with Gasteiger partial charge in [0.1, 0.15) is 18.5 Å². The van der Waals surface area contributed by atoms with Crippen molar-refractivity contribution < 1.29 is 14.6 Å². The van der Waals surface area contributed by atoms with Gasteiger partial charge in [0.15, 0.2) is 0 Å². The van der Waals surface area contributed by atoms with Crippen molar-refractivity contribution >= 4 is 0 Å². The van der Waals surface area contributed by atoms with Crippen molar-refractivity contribution in [3.05, 3.63) is 65.7 Å². The first-order valence-corrected chi connectivity index (χ1v) is 7.21. The van der Waals surface area contributed by atoms with Gasteiger partial charge in [-0.2, -0.15) is 0 Å². The van der Waals surface area contributed by atoms with Crippen molar-refractivity contribution in [3.63, 3.8) is 0 Å². The summed E-state index contributed by atoms with van der Waals surface area (Å²) in [5, 5.41) is 10.2. The van der Waals surface area contributed by atoms with Crippen LogP contribution in [0.4, 0.5) is 0 Å². The van der Waals surface area contributed by atoms with Gasteiger partial charge in [0.2, 0.25) is 0 Å². The molecule has 112 valence electrons. The molecule has 2 aromatic rings. The van der Waals surface area contributed by atoms with E-state index in [9.17, 15) is 5.11 Å². The second kappa shape index (κ2) is 7.81. The van der Waals surface area contributed by atoms with Crippen LogP contribution in [0.1, 0.15) is 24.2 Å². The van der Waals surface area contributed by atoms with E-state index < -0.39 is 6.10 Å². The molecule has 0 radical (unpaired) electrons. The highest BCUT2D eigenvalue weighted by molar-refractivity contribution is 5.23. The predicted molar refractivity (Wildman–Crippen MR) is 83.5 cm³/mol. The van der Waals surface area contributed by atoms with E-state index in [1.165, 1.54) is 5.56 Å². The van der Waals surface area contributed by atoms with Crippen LogP contribution < -0.4 is 4.74 Å². The molecule has 2 aromatic carbocycles. The van der Waals surface area contributed by atoms with Gasteiger partial charge in [-0.25, -0.2) is 0 Å². The first kappa shape index (κ1) is 15.5. The second-order valence-electron chi connectivity index (χ2n) is 5.09. The third-order valence-corrected chi connectivity index (χ3v) is 3.34. The molecule has 0 spiro atoms. The molecule has 0 aliphatic carbocycles.